The van der Waals surface area contributed by atoms with Crippen LogP contribution in [0.25, 0.3) is 11.3 Å². The molecule has 0 unspecified atom stereocenters. The predicted octanol–water partition coefficient (Wildman–Crippen LogP) is 3.56. The molecule has 1 saturated heterocycles. The van der Waals surface area contributed by atoms with Crippen molar-refractivity contribution in [3.05, 3.63) is 71.8 Å². The van der Waals surface area contributed by atoms with Crippen molar-refractivity contribution in [2.75, 3.05) is 36.4 Å². The van der Waals surface area contributed by atoms with E-state index in [0.717, 1.165) is 61.4 Å². The molecule has 5 rings (SSSR count). The standard InChI is InChI=1S/C30H34N6O3/c1-20-4-2-3-5-25(20)26-12-13-27(35-34-26)36-18-14-23(15-19-36)29(38)32-17-16-31-28(37)21-8-10-24(11-9-21)33-30(39)22-6-7-22/h2-5,8-13,22-23H,6-7,14-19H2,1H3,(H,31,37)(H,32,38)(H,33,39). The third-order valence-electron chi connectivity index (χ3n) is 7.33. The maximum Gasteiger partial charge on any atom is 0.251 e. The van der Waals surface area contributed by atoms with Crippen molar-refractivity contribution < 1.29 is 14.4 Å². The molecule has 1 saturated carbocycles. The zero-order valence-electron chi connectivity index (χ0n) is 22.2. The Morgan fingerprint density at radius 3 is 2.15 bits per heavy atom. The highest BCUT2D eigenvalue weighted by molar-refractivity contribution is 5.96. The molecule has 3 aromatic rings. The van der Waals surface area contributed by atoms with Crippen molar-refractivity contribution in [2.24, 2.45) is 11.8 Å². The smallest absolute Gasteiger partial charge is 0.251 e. The Labute approximate surface area is 228 Å². The molecular weight excluding hydrogens is 492 g/mol. The second-order valence-corrected chi connectivity index (χ2v) is 10.2. The Kier molecular flexibility index (Phi) is 8.15. The average Bonchev–Trinajstić information content (AvgIpc) is 3.82. The van der Waals surface area contributed by atoms with E-state index in [2.05, 4.69) is 44.0 Å². The van der Waals surface area contributed by atoms with Gasteiger partial charge < -0.3 is 20.9 Å². The van der Waals surface area contributed by atoms with E-state index in [9.17, 15) is 14.4 Å². The van der Waals surface area contributed by atoms with Crippen LogP contribution in [0.2, 0.25) is 0 Å². The fraction of sp³-hybridized carbons (Fsp3) is 0.367. The van der Waals surface area contributed by atoms with Crippen molar-refractivity contribution in [1.29, 1.82) is 0 Å². The minimum absolute atomic E-state index is 0.0145. The Morgan fingerprint density at radius 1 is 0.795 bits per heavy atom. The van der Waals surface area contributed by atoms with Gasteiger partial charge in [-0.05, 0) is 74.6 Å². The summed E-state index contributed by atoms with van der Waals surface area (Å²) in [6.45, 7) is 4.25. The second-order valence-electron chi connectivity index (χ2n) is 10.2. The number of anilines is 2. The van der Waals surface area contributed by atoms with Crippen molar-refractivity contribution in [1.82, 2.24) is 20.8 Å². The molecule has 1 aromatic heterocycles. The van der Waals surface area contributed by atoms with Crippen LogP contribution in [0.5, 0.6) is 0 Å². The predicted molar refractivity (Wildman–Crippen MR) is 150 cm³/mol. The van der Waals surface area contributed by atoms with E-state index in [1.807, 2.05) is 30.3 Å². The topological polar surface area (TPSA) is 116 Å². The van der Waals surface area contributed by atoms with E-state index in [1.165, 1.54) is 0 Å². The third kappa shape index (κ3) is 6.79. The van der Waals surface area contributed by atoms with E-state index in [1.54, 1.807) is 24.3 Å². The molecule has 0 radical (unpaired) electrons. The molecule has 0 spiro atoms. The molecule has 202 valence electrons. The lowest BCUT2D eigenvalue weighted by Crippen LogP contribution is -2.42. The Bertz CT molecular complexity index is 1310. The molecule has 0 bridgehead atoms. The maximum absolute atomic E-state index is 12.7. The van der Waals surface area contributed by atoms with Gasteiger partial charge >= 0.3 is 0 Å². The van der Waals surface area contributed by atoms with Crippen LogP contribution in [0.15, 0.2) is 60.7 Å². The summed E-state index contributed by atoms with van der Waals surface area (Å²) in [5.41, 5.74) is 4.29. The van der Waals surface area contributed by atoms with Crippen molar-refractivity contribution in [3.63, 3.8) is 0 Å². The van der Waals surface area contributed by atoms with E-state index in [-0.39, 0.29) is 29.6 Å². The summed E-state index contributed by atoms with van der Waals surface area (Å²) < 4.78 is 0. The molecule has 2 fully saturated rings. The number of carbonyl (C=O) groups excluding carboxylic acids is 3. The number of nitrogens with zero attached hydrogens (tertiary/aromatic N) is 3. The van der Waals surface area contributed by atoms with Gasteiger partial charge in [-0.1, -0.05) is 24.3 Å². The van der Waals surface area contributed by atoms with Gasteiger partial charge in [0.2, 0.25) is 11.8 Å². The molecule has 2 heterocycles. The van der Waals surface area contributed by atoms with Crippen molar-refractivity contribution >= 4 is 29.2 Å². The first-order chi connectivity index (χ1) is 19.0. The highest BCUT2D eigenvalue weighted by atomic mass is 16.2. The minimum Gasteiger partial charge on any atom is -0.355 e. The molecule has 2 aliphatic rings. The van der Waals surface area contributed by atoms with Gasteiger partial charge in [0.1, 0.15) is 0 Å². The number of benzene rings is 2. The lowest BCUT2D eigenvalue weighted by Gasteiger charge is -2.31. The van der Waals surface area contributed by atoms with Gasteiger partial charge in [0.05, 0.1) is 5.69 Å². The summed E-state index contributed by atoms with van der Waals surface area (Å²) in [6, 6.07) is 18.9. The van der Waals surface area contributed by atoms with Crippen LogP contribution in [0.1, 0.15) is 41.6 Å². The molecule has 2 aromatic carbocycles. The number of aryl methyl sites for hydroxylation is 1. The largest absolute Gasteiger partial charge is 0.355 e. The summed E-state index contributed by atoms with van der Waals surface area (Å²) in [7, 11) is 0. The zero-order valence-corrected chi connectivity index (χ0v) is 22.2. The Balaban J connectivity index is 1.01. The van der Waals surface area contributed by atoms with Gasteiger partial charge in [0.15, 0.2) is 5.82 Å². The average molecular weight is 527 g/mol. The van der Waals surface area contributed by atoms with Gasteiger partial charge in [-0.2, -0.15) is 0 Å². The monoisotopic (exact) mass is 526 g/mol. The number of piperidine rings is 1. The van der Waals surface area contributed by atoms with Crippen LogP contribution in [-0.4, -0.2) is 54.1 Å². The van der Waals surface area contributed by atoms with Crippen molar-refractivity contribution in [2.45, 2.75) is 32.6 Å². The number of rotatable bonds is 9. The highest BCUT2D eigenvalue weighted by Crippen LogP contribution is 2.30. The van der Waals surface area contributed by atoms with Gasteiger partial charge in [0.25, 0.3) is 5.91 Å². The molecule has 0 atom stereocenters. The molecular formula is C30H34N6O3. The fourth-order valence-corrected chi connectivity index (χ4v) is 4.77. The molecule has 39 heavy (non-hydrogen) atoms. The van der Waals surface area contributed by atoms with Crippen molar-refractivity contribution in [3.8, 4) is 11.3 Å². The first kappa shape index (κ1) is 26.3. The maximum atomic E-state index is 12.7. The molecule has 3 amide bonds. The van der Waals surface area contributed by atoms with Crippen LogP contribution in [0.3, 0.4) is 0 Å². The summed E-state index contributed by atoms with van der Waals surface area (Å²) in [4.78, 5) is 39.1. The summed E-state index contributed by atoms with van der Waals surface area (Å²) in [5, 5.41) is 17.5. The normalized spacial score (nSPS) is 15.5. The summed E-state index contributed by atoms with van der Waals surface area (Å²) in [5.74, 6) is 0.733. The Morgan fingerprint density at radius 2 is 1.49 bits per heavy atom. The Hall–Kier alpha value is -4.27. The first-order valence-electron chi connectivity index (χ1n) is 13.6. The molecule has 3 N–H and O–H groups in total. The van der Waals surface area contributed by atoms with Gasteiger partial charge in [-0.3, -0.25) is 14.4 Å². The van der Waals surface area contributed by atoms with E-state index < -0.39 is 0 Å². The van der Waals surface area contributed by atoms with Crippen LogP contribution in [-0.2, 0) is 9.59 Å². The highest BCUT2D eigenvalue weighted by Gasteiger charge is 2.29. The quantitative estimate of drug-likeness (QED) is 0.367. The third-order valence-corrected chi connectivity index (χ3v) is 7.33. The van der Waals surface area contributed by atoms with Gasteiger partial charge in [-0.25, -0.2) is 0 Å². The SMILES string of the molecule is Cc1ccccc1-c1ccc(N2CCC(C(=O)NCCNC(=O)c3ccc(NC(=O)C4CC4)cc3)CC2)nn1. The number of aromatic nitrogens is 2. The fourth-order valence-electron chi connectivity index (χ4n) is 4.77. The number of hydrogen-bond acceptors (Lipinski definition) is 6. The first-order valence-corrected chi connectivity index (χ1v) is 13.6. The van der Waals surface area contributed by atoms with Crippen LogP contribution in [0, 0.1) is 18.8 Å². The number of carbonyl (C=O) groups is 3. The lowest BCUT2D eigenvalue weighted by molar-refractivity contribution is -0.125. The summed E-state index contributed by atoms with van der Waals surface area (Å²) >= 11 is 0. The summed E-state index contributed by atoms with van der Waals surface area (Å²) in [6.07, 6.45) is 3.37. The lowest BCUT2D eigenvalue weighted by atomic mass is 9.96. The van der Waals surface area contributed by atoms with Crippen LogP contribution >= 0.6 is 0 Å². The molecule has 9 nitrogen and oxygen atoms in total. The molecule has 1 aliphatic carbocycles. The number of nitrogens with one attached hydrogen (secondary N) is 3. The number of amides is 3. The second kappa shape index (κ2) is 12.1. The zero-order chi connectivity index (χ0) is 27.2. The van der Waals surface area contributed by atoms with Crippen LogP contribution < -0.4 is 20.9 Å². The van der Waals surface area contributed by atoms with E-state index in [4.69, 9.17) is 0 Å². The van der Waals surface area contributed by atoms with Gasteiger partial charge in [-0.15, -0.1) is 10.2 Å². The minimum atomic E-state index is -0.216. The van der Waals surface area contributed by atoms with E-state index in [0.29, 0.717) is 24.3 Å². The van der Waals surface area contributed by atoms with Crippen LogP contribution in [0.4, 0.5) is 11.5 Å². The molecule has 1 aliphatic heterocycles. The number of hydrogen-bond donors (Lipinski definition) is 3. The van der Waals surface area contributed by atoms with E-state index >= 15 is 0 Å². The molecule has 9 heteroatoms. The van der Waals surface area contributed by atoms with Gasteiger partial charge in [0, 0.05) is 54.8 Å².